The average molecular weight is 290 g/mol. The third-order valence-electron chi connectivity index (χ3n) is 3.67. The molecule has 1 saturated heterocycles. The summed E-state index contributed by atoms with van der Waals surface area (Å²) >= 11 is 0. The van der Waals surface area contributed by atoms with Crippen LogP contribution in [0.1, 0.15) is 39.5 Å². The SMILES string of the molecule is CCOc1ccc(NC(=O)C2(C)CCCCC(=O)N2)cc1. The van der Waals surface area contributed by atoms with Gasteiger partial charge < -0.3 is 15.4 Å². The van der Waals surface area contributed by atoms with Gasteiger partial charge in [0, 0.05) is 12.1 Å². The number of amides is 2. The van der Waals surface area contributed by atoms with Gasteiger partial charge in [0.1, 0.15) is 11.3 Å². The second-order valence-electron chi connectivity index (χ2n) is 5.50. The van der Waals surface area contributed by atoms with Crippen molar-refractivity contribution >= 4 is 17.5 Å². The van der Waals surface area contributed by atoms with Crippen molar-refractivity contribution in [2.45, 2.75) is 45.1 Å². The Hall–Kier alpha value is -2.04. The third-order valence-corrected chi connectivity index (χ3v) is 3.67. The van der Waals surface area contributed by atoms with E-state index in [-0.39, 0.29) is 11.8 Å². The Morgan fingerprint density at radius 1 is 1.33 bits per heavy atom. The van der Waals surface area contributed by atoms with Crippen molar-refractivity contribution in [3.63, 3.8) is 0 Å². The Bertz CT molecular complexity index is 513. The van der Waals surface area contributed by atoms with E-state index >= 15 is 0 Å². The van der Waals surface area contributed by atoms with Crippen LogP contribution in [0.2, 0.25) is 0 Å². The highest BCUT2D eigenvalue weighted by Crippen LogP contribution is 2.22. The number of carbonyl (C=O) groups excluding carboxylic acids is 2. The Morgan fingerprint density at radius 2 is 2.05 bits per heavy atom. The Balaban J connectivity index is 2.03. The van der Waals surface area contributed by atoms with E-state index < -0.39 is 5.54 Å². The van der Waals surface area contributed by atoms with E-state index in [4.69, 9.17) is 4.74 Å². The average Bonchev–Trinajstić information content (AvgIpc) is 2.63. The van der Waals surface area contributed by atoms with Crippen LogP contribution in [0.4, 0.5) is 5.69 Å². The van der Waals surface area contributed by atoms with Crippen molar-refractivity contribution in [3.8, 4) is 5.75 Å². The zero-order valence-corrected chi connectivity index (χ0v) is 12.6. The maximum absolute atomic E-state index is 12.4. The molecule has 1 aromatic rings. The van der Waals surface area contributed by atoms with Gasteiger partial charge in [-0.25, -0.2) is 0 Å². The van der Waals surface area contributed by atoms with Crippen LogP contribution in [0.3, 0.4) is 0 Å². The van der Waals surface area contributed by atoms with Crippen LogP contribution in [0.15, 0.2) is 24.3 Å². The third kappa shape index (κ3) is 3.97. The standard InChI is InChI=1S/C16H22N2O3/c1-3-21-13-9-7-12(8-10-13)17-15(20)16(2)11-5-4-6-14(19)18-16/h7-10H,3-6,11H2,1-2H3,(H,17,20)(H,18,19). The molecule has 0 aromatic heterocycles. The van der Waals surface area contributed by atoms with Crippen LogP contribution in [0, 0.1) is 0 Å². The molecule has 1 unspecified atom stereocenters. The summed E-state index contributed by atoms with van der Waals surface area (Å²) in [5.41, 5.74) is -0.144. The van der Waals surface area contributed by atoms with Gasteiger partial charge in [-0.05, 0) is 51.0 Å². The fourth-order valence-electron chi connectivity index (χ4n) is 2.44. The summed E-state index contributed by atoms with van der Waals surface area (Å²) in [6.45, 7) is 4.31. The van der Waals surface area contributed by atoms with E-state index in [9.17, 15) is 9.59 Å². The fraction of sp³-hybridized carbons (Fsp3) is 0.500. The van der Waals surface area contributed by atoms with Crippen molar-refractivity contribution in [2.24, 2.45) is 0 Å². The van der Waals surface area contributed by atoms with Crippen molar-refractivity contribution < 1.29 is 14.3 Å². The van der Waals surface area contributed by atoms with Gasteiger partial charge in [0.25, 0.3) is 0 Å². The minimum absolute atomic E-state index is 0.0585. The minimum Gasteiger partial charge on any atom is -0.494 e. The van der Waals surface area contributed by atoms with Crippen LogP contribution in [-0.4, -0.2) is 24.0 Å². The summed E-state index contributed by atoms with van der Waals surface area (Å²) in [7, 11) is 0. The first-order valence-corrected chi connectivity index (χ1v) is 7.39. The van der Waals surface area contributed by atoms with E-state index in [1.165, 1.54) is 0 Å². The Kier molecular flexibility index (Phi) is 4.83. The molecule has 0 spiro atoms. The molecular formula is C16H22N2O3. The van der Waals surface area contributed by atoms with Crippen LogP contribution in [-0.2, 0) is 9.59 Å². The minimum atomic E-state index is -0.841. The number of hydrogen-bond acceptors (Lipinski definition) is 3. The summed E-state index contributed by atoms with van der Waals surface area (Å²) in [5, 5.41) is 5.69. The predicted octanol–water partition coefficient (Wildman–Crippen LogP) is 2.47. The number of anilines is 1. The first-order valence-electron chi connectivity index (χ1n) is 7.39. The second kappa shape index (κ2) is 6.61. The largest absolute Gasteiger partial charge is 0.494 e. The van der Waals surface area contributed by atoms with Crippen LogP contribution in [0.25, 0.3) is 0 Å². The van der Waals surface area contributed by atoms with Gasteiger partial charge in [-0.3, -0.25) is 9.59 Å². The maximum atomic E-state index is 12.4. The van der Waals surface area contributed by atoms with Crippen LogP contribution < -0.4 is 15.4 Å². The lowest BCUT2D eigenvalue weighted by atomic mass is 9.95. The molecule has 1 heterocycles. The predicted molar refractivity (Wildman–Crippen MR) is 81.3 cm³/mol. The molecule has 5 nitrogen and oxygen atoms in total. The van der Waals surface area contributed by atoms with E-state index in [0.717, 1.165) is 18.6 Å². The Morgan fingerprint density at radius 3 is 2.71 bits per heavy atom. The van der Waals surface area contributed by atoms with Crippen LogP contribution >= 0.6 is 0 Å². The normalized spacial score (nSPS) is 22.1. The first-order chi connectivity index (χ1) is 10.0. The fourth-order valence-corrected chi connectivity index (χ4v) is 2.44. The molecule has 1 aliphatic rings. The van der Waals surface area contributed by atoms with Gasteiger partial charge in [-0.15, -0.1) is 0 Å². The molecule has 21 heavy (non-hydrogen) atoms. The van der Waals surface area contributed by atoms with Crippen molar-refractivity contribution in [2.75, 3.05) is 11.9 Å². The molecule has 2 rings (SSSR count). The van der Waals surface area contributed by atoms with Gasteiger partial charge in [0.2, 0.25) is 11.8 Å². The summed E-state index contributed by atoms with van der Waals surface area (Å²) < 4.78 is 5.36. The van der Waals surface area contributed by atoms with Gasteiger partial charge in [-0.1, -0.05) is 6.42 Å². The highest BCUT2D eigenvalue weighted by Gasteiger charge is 2.35. The van der Waals surface area contributed by atoms with Gasteiger partial charge in [-0.2, -0.15) is 0 Å². The molecule has 114 valence electrons. The quantitative estimate of drug-likeness (QED) is 0.895. The lowest BCUT2D eigenvalue weighted by molar-refractivity contribution is -0.129. The highest BCUT2D eigenvalue weighted by molar-refractivity contribution is 6.00. The number of hydrogen-bond donors (Lipinski definition) is 2. The Labute approximate surface area is 125 Å². The zero-order chi connectivity index (χ0) is 15.3. The highest BCUT2D eigenvalue weighted by atomic mass is 16.5. The lowest BCUT2D eigenvalue weighted by Gasteiger charge is -2.27. The number of benzene rings is 1. The number of rotatable bonds is 4. The zero-order valence-electron chi connectivity index (χ0n) is 12.6. The number of carbonyl (C=O) groups is 2. The molecule has 0 aliphatic carbocycles. The first kappa shape index (κ1) is 15.4. The molecule has 1 atom stereocenters. The van der Waals surface area contributed by atoms with Gasteiger partial charge in [0.05, 0.1) is 6.61 Å². The van der Waals surface area contributed by atoms with Crippen molar-refractivity contribution in [3.05, 3.63) is 24.3 Å². The molecule has 0 saturated carbocycles. The molecule has 2 N–H and O–H groups in total. The molecule has 2 amide bonds. The van der Waals surface area contributed by atoms with E-state index in [0.29, 0.717) is 25.1 Å². The smallest absolute Gasteiger partial charge is 0.249 e. The van der Waals surface area contributed by atoms with Crippen molar-refractivity contribution in [1.82, 2.24) is 5.32 Å². The van der Waals surface area contributed by atoms with E-state index in [1.807, 2.05) is 19.1 Å². The maximum Gasteiger partial charge on any atom is 0.249 e. The lowest BCUT2D eigenvalue weighted by Crippen LogP contribution is -2.53. The summed E-state index contributed by atoms with van der Waals surface area (Å²) in [6.07, 6.45) is 2.84. The summed E-state index contributed by atoms with van der Waals surface area (Å²) in [5.74, 6) is 0.531. The molecule has 1 fully saturated rings. The molecular weight excluding hydrogens is 268 g/mol. The molecule has 1 aliphatic heterocycles. The van der Waals surface area contributed by atoms with Gasteiger partial charge in [0.15, 0.2) is 0 Å². The van der Waals surface area contributed by atoms with Crippen LogP contribution in [0.5, 0.6) is 5.75 Å². The second-order valence-corrected chi connectivity index (χ2v) is 5.50. The van der Waals surface area contributed by atoms with Crippen molar-refractivity contribution in [1.29, 1.82) is 0 Å². The van der Waals surface area contributed by atoms with Gasteiger partial charge >= 0.3 is 0 Å². The number of ether oxygens (including phenoxy) is 1. The molecule has 1 aromatic carbocycles. The monoisotopic (exact) mass is 290 g/mol. The topological polar surface area (TPSA) is 67.4 Å². The molecule has 0 radical (unpaired) electrons. The van der Waals surface area contributed by atoms with E-state index in [2.05, 4.69) is 10.6 Å². The van der Waals surface area contributed by atoms with E-state index in [1.54, 1.807) is 19.1 Å². The summed E-state index contributed by atoms with van der Waals surface area (Å²) in [4.78, 5) is 24.1. The molecule has 5 heteroatoms. The summed E-state index contributed by atoms with van der Waals surface area (Å²) in [6, 6.07) is 7.22. The molecule has 0 bridgehead atoms. The number of nitrogens with one attached hydrogen (secondary N) is 2.